The first-order valence-corrected chi connectivity index (χ1v) is 8.23. The van der Waals surface area contributed by atoms with Crippen molar-refractivity contribution in [2.75, 3.05) is 0 Å². The molecule has 1 radical (unpaired) electrons. The van der Waals surface area contributed by atoms with Crippen LogP contribution in [-0.2, 0) is 32.7 Å². The third-order valence-electron chi connectivity index (χ3n) is 4.92. The Balaban J connectivity index is 0.00000208. The van der Waals surface area contributed by atoms with Gasteiger partial charge in [-0.05, 0) is 18.8 Å². The van der Waals surface area contributed by atoms with Gasteiger partial charge in [0, 0.05) is 57.2 Å². The van der Waals surface area contributed by atoms with Gasteiger partial charge in [0.15, 0.2) is 0 Å². The molecule has 1 saturated carbocycles. The van der Waals surface area contributed by atoms with Crippen molar-refractivity contribution in [2.45, 2.75) is 50.9 Å². The van der Waals surface area contributed by atoms with E-state index in [1.807, 2.05) is 37.3 Å². The molecule has 3 nitrogen and oxygen atoms in total. The van der Waals surface area contributed by atoms with Crippen molar-refractivity contribution in [1.29, 1.82) is 0 Å². The predicted octanol–water partition coefficient (Wildman–Crippen LogP) is 2.68. The maximum absolute atomic E-state index is 10.4. The molecule has 3 rings (SSSR count). The van der Waals surface area contributed by atoms with Gasteiger partial charge in [0.25, 0.3) is 0 Å². The number of ether oxygens (including phenoxy) is 1. The van der Waals surface area contributed by atoms with E-state index in [0.717, 1.165) is 11.3 Å². The van der Waals surface area contributed by atoms with Crippen LogP contribution in [0.25, 0.3) is 0 Å². The van der Waals surface area contributed by atoms with Crippen molar-refractivity contribution >= 4 is 0 Å². The minimum Gasteiger partial charge on any atom is -0.516 e. The van der Waals surface area contributed by atoms with Crippen molar-refractivity contribution < 1.29 is 47.7 Å². The molecule has 1 aliphatic carbocycles. The SMILES string of the molecule is CC#CC[C@@H](C)[C@@H](O)/C=C/[C@H]1[C@@H]2c3ccc[c-]c3O[C@@H]2C[C@@H]1O.[Y]. The van der Waals surface area contributed by atoms with Crippen molar-refractivity contribution in [3.05, 3.63) is 42.0 Å². The van der Waals surface area contributed by atoms with Crippen LogP contribution >= 0.6 is 0 Å². The topological polar surface area (TPSA) is 49.7 Å². The average molecular weight is 400 g/mol. The molecular formula is C20H23O3Y-. The second-order valence-electron chi connectivity index (χ2n) is 6.50. The van der Waals surface area contributed by atoms with Gasteiger partial charge in [0.05, 0.1) is 18.3 Å². The molecule has 1 heterocycles. The standard InChI is InChI=1S/C20H23O3.Y/c1-3-4-7-13(2)16(21)11-10-14-17(22)12-19-20(14)15-8-5-6-9-18(15)23-19;/h5-6,8,10-11,13-14,16-17,19-22H,7,12H2,1-2H3;/q-1;/b11-10+;/t13-,14-,16+,17+,19-,20-;/m1./s1. The number of benzene rings is 1. The van der Waals surface area contributed by atoms with E-state index >= 15 is 0 Å². The Morgan fingerprint density at radius 2 is 2.29 bits per heavy atom. The Labute approximate surface area is 169 Å². The van der Waals surface area contributed by atoms with Crippen LogP contribution in [0, 0.1) is 29.7 Å². The number of hydrogen-bond acceptors (Lipinski definition) is 3. The van der Waals surface area contributed by atoms with Gasteiger partial charge in [-0.3, -0.25) is 0 Å². The largest absolute Gasteiger partial charge is 0.516 e. The molecule has 0 saturated heterocycles. The fraction of sp³-hybridized carbons (Fsp3) is 0.500. The second kappa shape index (κ2) is 8.63. The van der Waals surface area contributed by atoms with Crippen LogP contribution in [0.4, 0.5) is 0 Å². The van der Waals surface area contributed by atoms with Gasteiger partial charge in [0.1, 0.15) is 0 Å². The second-order valence-corrected chi connectivity index (χ2v) is 6.50. The van der Waals surface area contributed by atoms with Gasteiger partial charge in [-0.1, -0.05) is 19.1 Å². The molecule has 24 heavy (non-hydrogen) atoms. The van der Waals surface area contributed by atoms with E-state index in [0.29, 0.717) is 12.8 Å². The Morgan fingerprint density at radius 1 is 1.50 bits per heavy atom. The van der Waals surface area contributed by atoms with Crippen LogP contribution in [0.1, 0.15) is 38.2 Å². The molecule has 0 bridgehead atoms. The smallest absolute Gasteiger partial charge is 0.0952 e. The number of rotatable bonds is 4. The fourth-order valence-corrected chi connectivity index (χ4v) is 3.57. The van der Waals surface area contributed by atoms with Crippen molar-refractivity contribution in [3.8, 4) is 17.6 Å². The summed E-state index contributed by atoms with van der Waals surface area (Å²) in [5, 5.41) is 20.6. The van der Waals surface area contributed by atoms with E-state index in [-0.39, 0.29) is 56.6 Å². The number of hydrogen-bond donors (Lipinski definition) is 2. The van der Waals surface area contributed by atoms with E-state index in [9.17, 15) is 10.2 Å². The zero-order chi connectivity index (χ0) is 16.4. The zero-order valence-corrected chi connectivity index (χ0v) is 17.0. The Bertz CT molecular complexity index is 646. The normalized spacial score (nSPS) is 29.7. The molecule has 6 atom stereocenters. The Kier molecular flexibility index (Phi) is 7.07. The van der Waals surface area contributed by atoms with Crippen LogP contribution in [0.2, 0.25) is 0 Å². The summed E-state index contributed by atoms with van der Waals surface area (Å²) < 4.78 is 5.91. The van der Waals surface area contributed by atoms with E-state index in [2.05, 4.69) is 17.9 Å². The first-order chi connectivity index (χ1) is 11.1. The molecule has 125 valence electrons. The maximum atomic E-state index is 10.4. The molecule has 0 amide bonds. The first kappa shape index (κ1) is 19.7. The maximum Gasteiger partial charge on any atom is 0.0952 e. The molecule has 1 aromatic carbocycles. The number of para-hydroxylation sites is 1. The van der Waals surface area contributed by atoms with Gasteiger partial charge in [-0.2, -0.15) is 18.2 Å². The average Bonchev–Trinajstić information content (AvgIpc) is 3.05. The quantitative estimate of drug-likeness (QED) is 0.464. The van der Waals surface area contributed by atoms with Crippen LogP contribution in [0.5, 0.6) is 5.75 Å². The molecule has 4 heteroatoms. The molecule has 0 spiro atoms. The molecule has 2 aliphatic rings. The summed E-state index contributed by atoms with van der Waals surface area (Å²) in [5.74, 6) is 6.85. The molecule has 1 fully saturated rings. The van der Waals surface area contributed by atoms with Crippen molar-refractivity contribution in [1.82, 2.24) is 0 Å². The summed E-state index contributed by atoms with van der Waals surface area (Å²) >= 11 is 0. The summed E-state index contributed by atoms with van der Waals surface area (Å²) in [5.41, 5.74) is 1.11. The minimum atomic E-state index is -0.550. The molecular weight excluding hydrogens is 377 g/mol. The zero-order valence-electron chi connectivity index (χ0n) is 14.1. The van der Waals surface area contributed by atoms with Crippen LogP contribution < -0.4 is 4.74 Å². The third-order valence-corrected chi connectivity index (χ3v) is 4.92. The number of aliphatic hydroxyl groups excluding tert-OH is 2. The summed E-state index contributed by atoms with van der Waals surface area (Å²) in [6.45, 7) is 3.79. The monoisotopic (exact) mass is 400 g/mol. The molecule has 1 aromatic rings. The molecule has 2 N–H and O–H groups in total. The van der Waals surface area contributed by atoms with E-state index in [4.69, 9.17) is 4.74 Å². The van der Waals surface area contributed by atoms with E-state index in [1.54, 1.807) is 6.92 Å². The summed E-state index contributed by atoms with van der Waals surface area (Å²) in [6, 6.07) is 8.98. The third kappa shape index (κ3) is 3.94. The van der Waals surface area contributed by atoms with E-state index < -0.39 is 12.2 Å². The fourth-order valence-electron chi connectivity index (χ4n) is 3.57. The molecule has 0 unspecified atom stereocenters. The van der Waals surface area contributed by atoms with Crippen LogP contribution in [0.15, 0.2) is 30.4 Å². The number of aliphatic hydroxyl groups is 2. The van der Waals surface area contributed by atoms with Gasteiger partial charge in [-0.25, -0.2) is 0 Å². The van der Waals surface area contributed by atoms with Crippen molar-refractivity contribution in [2.24, 2.45) is 11.8 Å². The Hall–Kier alpha value is -0.656. The van der Waals surface area contributed by atoms with E-state index in [1.165, 1.54) is 0 Å². The number of fused-ring (bicyclic) bond motifs is 3. The minimum absolute atomic E-state index is 0. The summed E-state index contributed by atoms with van der Waals surface area (Å²) in [7, 11) is 0. The summed E-state index contributed by atoms with van der Waals surface area (Å²) in [6.07, 6.45) is 4.08. The predicted molar refractivity (Wildman–Crippen MR) is 88.9 cm³/mol. The van der Waals surface area contributed by atoms with Crippen LogP contribution in [-0.4, -0.2) is 28.5 Å². The van der Waals surface area contributed by atoms with Gasteiger partial charge in [-0.15, -0.1) is 23.5 Å². The first-order valence-electron chi connectivity index (χ1n) is 8.23. The molecule has 0 aromatic heterocycles. The van der Waals surface area contributed by atoms with Gasteiger partial charge in [0.2, 0.25) is 0 Å². The van der Waals surface area contributed by atoms with Crippen molar-refractivity contribution in [3.63, 3.8) is 0 Å². The van der Waals surface area contributed by atoms with Gasteiger partial charge >= 0.3 is 0 Å². The summed E-state index contributed by atoms with van der Waals surface area (Å²) in [4.78, 5) is 0. The van der Waals surface area contributed by atoms with Crippen LogP contribution in [0.3, 0.4) is 0 Å². The Morgan fingerprint density at radius 3 is 3.04 bits per heavy atom. The van der Waals surface area contributed by atoms with Gasteiger partial charge < -0.3 is 14.9 Å². The molecule has 1 aliphatic heterocycles.